The van der Waals surface area contributed by atoms with Crippen molar-refractivity contribution in [3.05, 3.63) is 45.1 Å². The van der Waals surface area contributed by atoms with Crippen LogP contribution in [0.1, 0.15) is 10.7 Å². The van der Waals surface area contributed by atoms with Crippen LogP contribution in [-0.4, -0.2) is 19.3 Å². The summed E-state index contributed by atoms with van der Waals surface area (Å²) in [7, 11) is -4.03. The van der Waals surface area contributed by atoms with Crippen LogP contribution in [0.2, 0.25) is 5.02 Å². The van der Waals surface area contributed by atoms with E-state index in [1.54, 1.807) is 12.3 Å². The average Bonchev–Trinajstić information content (AvgIpc) is 2.85. The first-order chi connectivity index (χ1) is 10.3. The smallest absolute Gasteiger partial charge is 0.257 e. The van der Waals surface area contributed by atoms with Crippen molar-refractivity contribution in [3.63, 3.8) is 0 Å². The van der Waals surface area contributed by atoms with Crippen LogP contribution < -0.4 is 10.3 Å². The van der Waals surface area contributed by atoms with Gasteiger partial charge in [0.25, 0.3) is 10.0 Å². The molecule has 0 atom stereocenters. The molecule has 0 aliphatic rings. The molecule has 2 N–H and O–H groups in total. The van der Waals surface area contributed by atoms with Crippen molar-refractivity contribution in [2.24, 2.45) is 0 Å². The average molecular weight is 364 g/mol. The molecule has 0 aliphatic carbocycles. The van der Waals surface area contributed by atoms with Crippen molar-refractivity contribution in [1.29, 1.82) is 0 Å². The van der Waals surface area contributed by atoms with Crippen molar-refractivity contribution >= 4 is 38.9 Å². The third kappa shape index (κ3) is 4.23. The molecule has 118 valence electrons. The van der Waals surface area contributed by atoms with E-state index in [1.165, 1.54) is 11.3 Å². The number of hydrogen-bond donors (Lipinski definition) is 2. The van der Waals surface area contributed by atoms with Crippen LogP contribution in [-0.2, 0) is 21.2 Å². The highest BCUT2D eigenvalue weighted by Gasteiger charge is 2.17. The summed E-state index contributed by atoms with van der Waals surface area (Å²) in [5, 5.41) is 2.03. The first kappa shape index (κ1) is 16.8. The molecule has 2 aromatic rings. The van der Waals surface area contributed by atoms with Gasteiger partial charge in [-0.25, -0.2) is 17.8 Å². The number of aryl methyl sites for hydroxylation is 1. The van der Waals surface area contributed by atoms with Crippen molar-refractivity contribution in [1.82, 2.24) is 15.2 Å². The van der Waals surface area contributed by atoms with Gasteiger partial charge in [0, 0.05) is 11.1 Å². The number of amides is 1. The summed E-state index contributed by atoms with van der Waals surface area (Å²) in [6.45, 7) is 1.79. The van der Waals surface area contributed by atoms with E-state index >= 15 is 0 Å². The molecule has 0 spiro atoms. The number of thiazole rings is 1. The fourth-order valence-electron chi connectivity index (χ4n) is 1.49. The standard InChI is InChI=1S/C12H11ClFN3O3S2/c1-7-6-21-12(15-7)5-11(18)16-17-22(19,20)8-2-3-10(14)9(13)4-8/h2-4,6,17H,5H2,1H3,(H,16,18). The minimum Gasteiger partial charge on any atom is -0.277 e. The number of nitrogens with one attached hydrogen (secondary N) is 2. The second-order valence-corrected chi connectivity index (χ2v) is 7.32. The highest BCUT2D eigenvalue weighted by Crippen LogP contribution is 2.19. The predicted octanol–water partition coefficient (Wildman–Crippen LogP) is 1.80. The monoisotopic (exact) mass is 363 g/mol. The quantitative estimate of drug-likeness (QED) is 0.793. The summed E-state index contributed by atoms with van der Waals surface area (Å²) < 4.78 is 36.9. The number of halogens is 2. The Bertz CT molecular complexity index is 808. The lowest BCUT2D eigenvalue weighted by Crippen LogP contribution is -2.42. The van der Waals surface area contributed by atoms with Crippen molar-refractivity contribution < 1.29 is 17.6 Å². The van der Waals surface area contributed by atoms with E-state index < -0.39 is 21.7 Å². The zero-order chi connectivity index (χ0) is 16.3. The third-order valence-corrected chi connectivity index (χ3v) is 5.01. The Balaban J connectivity index is 2.00. The molecular weight excluding hydrogens is 353 g/mol. The van der Waals surface area contributed by atoms with Crippen LogP contribution in [0.25, 0.3) is 0 Å². The molecular formula is C12H11ClFN3O3S2. The lowest BCUT2D eigenvalue weighted by molar-refractivity contribution is -0.120. The van der Waals surface area contributed by atoms with E-state index in [2.05, 4.69) is 10.4 Å². The van der Waals surface area contributed by atoms with E-state index in [0.717, 1.165) is 23.9 Å². The number of nitrogens with zero attached hydrogens (tertiary/aromatic N) is 1. The minimum atomic E-state index is -4.03. The predicted molar refractivity (Wildman–Crippen MR) is 80.4 cm³/mol. The molecule has 0 aliphatic heterocycles. The molecule has 1 aromatic carbocycles. The van der Waals surface area contributed by atoms with Gasteiger partial charge >= 0.3 is 0 Å². The van der Waals surface area contributed by atoms with Crippen LogP contribution in [0.15, 0.2) is 28.5 Å². The number of benzene rings is 1. The Morgan fingerprint density at radius 2 is 2.18 bits per heavy atom. The summed E-state index contributed by atoms with van der Waals surface area (Å²) >= 11 is 6.83. The van der Waals surface area contributed by atoms with Gasteiger partial charge in [0.05, 0.1) is 16.3 Å². The summed E-state index contributed by atoms with van der Waals surface area (Å²) in [4.78, 5) is 17.4. The number of carbonyl (C=O) groups excluding carboxylic acids is 1. The Labute approximate surface area is 135 Å². The van der Waals surface area contributed by atoms with Crippen LogP contribution in [0.5, 0.6) is 0 Å². The summed E-state index contributed by atoms with van der Waals surface area (Å²) in [5.41, 5.74) is 2.85. The second-order valence-electron chi connectivity index (χ2n) is 4.29. The maximum atomic E-state index is 13.0. The molecule has 0 saturated carbocycles. The molecule has 2 rings (SSSR count). The van der Waals surface area contributed by atoms with Crippen molar-refractivity contribution in [2.45, 2.75) is 18.2 Å². The lowest BCUT2D eigenvalue weighted by atomic mass is 10.3. The van der Waals surface area contributed by atoms with Crippen molar-refractivity contribution in [2.75, 3.05) is 0 Å². The molecule has 6 nitrogen and oxygen atoms in total. The molecule has 22 heavy (non-hydrogen) atoms. The van der Waals surface area contributed by atoms with Gasteiger partial charge in [0.1, 0.15) is 10.8 Å². The first-order valence-corrected chi connectivity index (χ1v) is 8.69. The Hall–Kier alpha value is -1.55. The molecule has 1 amide bonds. The van der Waals surface area contributed by atoms with Crippen molar-refractivity contribution in [3.8, 4) is 0 Å². The van der Waals surface area contributed by atoms with Crippen LogP contribution >= 0.6 is 22.9 Å². The van der Waals surface area contributed by atoms with E-state index in [4.69, 9.17) is 11.6 Å². The molecule has 1 aromatic heterocycles. The summed E-state index contributed by atoms with van der Waals surface area (Å²) in [5.74, 6) is -1.30. The van der Waals surface area contributed by atoms with Crippen LogP contribution in [0.4, 0.5) is 4.39 Å². The second kappa shape index (κ2) is 6.69. The fraction of sp³-hybridized carbons (Fsp3) is 0.167. The number of sulfonamides is 1. The highest BCUT2D eigenvalue weighted by molar-refractivity contribution is 7.89. The Morgan fingerprint density at radius 1 is 1.45 bits per heavy atom. The third-order valence-electron chi connectivity index (χ3n) is 2.50. The molecule has 0 bridgehead atoms. The first-order valence-electron chi connectivity index (χ1n) is 5.94. The van der Waals surface area contributed by atoms with Crippen LogP contribution in [0.3, 0.4) is 0 Å². The highest BCUT2D eigenvalue weighted by atomic mass is 35.5. The number of carbonyl (C=O) groups is 1. The summed E-state index contributed by atoms with van der Waals surface area (Å²) in [6.07, 6.45) is -0.0504. The number of hydrazine groups is 1. The SMILES string of the molecule is Cc1csc(CC(=O)NNS(=O)(=O)c2ccc(F)c(Cl)c2)n1. The number of aromatic nitrogens is 1. The van der Waals surface area contributed by atoms with Gasteiger partial charge in [0.15, 0.2) is 0 Å². The fourth-order valence-corrected chi connectivity index (χ4v) is 3.39. The largest absolute Gasteiger partial charge is 0.277 e. The van der Waals surface area contributed by atoms with Gasteiger partial charge in [-0.05, 0) is 25.1 Å². The normalized spacial score (nSPS) is 11.4. The van der Waals surface area contributed by atoms with Gasteiger partial charge in [0.2, 0.25) is 5.91 Å². The maximum absolute atomic E-state index is 13.0. The van der Waals surface area contributed by atoms with E-state index in [0.29, 0.717) is 5.01 Å². The van der Waals surface area contributed by atoms with E-state index in [1.807, 2.05) is 4.83 Å². The number of hydrogen-bond acceptors (Lipinski definition) is 5. The molecule has 0 saturated heterocycles. The summed E-state index contributed by atoms with van der Waals surface area (Å²) in [6, 6.07) is 2.92. The zero-order valence-electron chi connectivity index (χ0n) is 11.3. The Morgan fingerprint density at radius 3 is 2.77 bits per heavy atom. The Kier molecular flexibility index (Phi) is 5.12. The molecule has 1 heterocycles. The van der Waals surface area contributed by atoms with E-state index in [9.17, 15) is 17.6 Å². The maximum Gasteiger partial charge on any atom is 0.257 e. The lowest BCUT2D eigenvalue weighted by Gasteiger charge is -2.08. The zero-order valence-corrected chi connectivity index (χ0v) is 13.6. The molecule has 0 unspecified atom stereocenters. The van der Waals surface area contributed by atoms with Crippen LogP contribution in [0, 0.1) is 12.7 Å². The van der Waals surface area contributed by atoms with Gasteiger partial charge < -0.3 is 0 Å². The van der Waals surface area contributed by atoms with E-state index in [-0.39, 0.29) is 16.3 Å². The molecule has 0 radical (unpaired) electrons. The van der Waals surface area contributed by atoms with Gasteiger partial charge in [-0.1, -0.05) is 11.6 Å². The molecule has 10 heteroatoms. The van der Waals surface area contributed by atoms with Gasteiger partial charge in [-0.3, -0.25) is 10.2 Å². The molecule has 0 fully saturated rings. The van der Waals surface area contributed by atoms with Gasteiger partial charge in [-0.15, -0.1) is 16.2 Å². The minimum absolute atomic E-state index is 0.0504. The topological polar surface area (TPSA) is 88.2 Å². The number of rotatable bonds is 5. The van der Waals surface area contributed by atoms with Gasteiger partial charge in [-0.2, -0.15) is 0 Å².